The second kappa shape index (κ2) is 5.92. The van der Waals surface area contributed by atoms with Crippen LogP contribution in [0.1, 0.15) is 18.4 Å². The SMILES string of the molecule is COc1cc(CN2CCN3CCCC3C2)cc(Br)c1O. The van der Waals surface area contributed by atoms with Gasteiger partial charge in [-0.2, -0.15) is 0 Å². The van der Waals surface area contributed by atoms with Crippen LogP contribution in [0.15, 0.2) is 16.6 Å². The van der Waals surface area contributed by atoms with Crippen LogP contribution in [-0.2, 0) is 6.54 Å². The quantitative estimate of drug-likeness (QED) is 0.916. The molecule has 2 aliphatic rings. The van der Waals surface area contributed by atoms with Crippen LogP contribution < -0.4 is 4.74 Å². The number of methoxy groups -OCH3 is 1. The first-order valence-corrected chi connectivity index (χ1v) is 7.98. The fraction of sp³-hybridized carbons (Fsp3) is 0.600. The second-order valence-corrected chi connectivity index (χ2v) is 6.55. The van der Waals surface area contributed by atoms with Gasteiger partial charge in [-0.05, 0) is 53.0 Å². The zero-order valence-corrected chi connectivity index (χ0v) is 13.4. The van der Waals surface area contributed by atoms with Gasteiger partial charge in [0.1, 0.15) is 0 Å². The Morgan fingerprint density at radius 1 is 1.35 bits per heavy atom. The molecule has 1 unspecified atom stereocenters. The number of halogens is 1. The highest BCUT2D eigenvalue weighted by atomic mass is 79.9. The summed E-state index contributed by atoms with van der Waals surface area (Å²) in [5.74, 6) is 0.714. The number of rotatable bonds is 3. The fourth-order valence-electron chi connectivity index (χ4n) is 3.33. The minimum absolute atomic E-state index is 0.178. The van der Waals surface area contributed by atoms with Gasteiger partial charge in [0.05, 0.1) is 11.6 Å². The normalized spacial score (nSPS) is 23.8. The van der Waals surface area contributed by atoms with Crippen LogP contribution in [-0.4, -0.2) is 54.2 Å². The molecule has 0 spiro atoms. The van der Waals surface area contributed by atoms with E-state index in [1.807, 2.05) is 12.1 Å². The average Bonchev–Trinajstić information content (AvgIpc) is 2.90. The molecule has 110 valence electrons. The van der Waals surface area contributed by atoms with Crippen molar-refractivity contribution in [1.82, 2.24) is 9.80 Å². The van der Waals surface area contributed by atoms with Crippen LogP contribution in [0, 0.1) is 0 Å². The monoisotopic (exact) mass is 340 g/mol. The third-order valence-corrected chi connectivity index (χ3v) is 4.99. The lowest BCUT2D eigenvalue weighted by Crippen LogP contribution is -2.49. The number of phenolic OH excluding ortho intramolecular Hbond substituents is 1. The van der Waals surface area contributed by atoms with Gasteiger partial charge in [-0.1, -0.05) is 0 Å². The molecule has 2 fully saturated rings. The molecule has 2 aliphatic heterocycles. The number of piperazine rings is 1. The molecule has 0 aliphatic carbocycles. The predicted molar refractivity (Wildman–Crippen MR) is 82.2 cm³/mol. The molecule has 1 N–H and O–H groups in total. The molecule has 20 heavy (non-hydrogen) atoms. The summed E-state index contributed by atoms with van der Waals surface area (Å²) in [5.41, 5.74) is 1.18. The Labute approximate surface area is 128 Å². The van der Waals surface area contributed by atoms with Gasteiger partial charge in [-0.3, -0.25) is 9.80 Å². The predicted octanol–water partition coefficient (Wildman–Crippen LogP) is 2.44. The molecule has 0 bridgehead atoms. The molecule has 1 aromatic rings. The van der Waals surface area contributed by atoms with Gasteiger partial charge in [0.25, 0.3) is 0 Å². The Kier molecular flexibility index (Phi) is 4.19. The summed E-state index contributed by atoms with van der Waals surface area (Å²) in [4.78, 5) is 5.12. The van der Waals surface area contributed by atoms with Gasteiger partial charge in [0.2, 0.25) is 0 Å². The lowest BCUT2D eigenvalue weighted by molar-refractivity contribution is 0.0993. The van der Waals surface area contributed by atoms with Gasteiger partial charge >= 0.3 is 0 Å². The first kappa shape index (κ1) is 14.2. The third-order valence-electron chi connectivity index (χ3n) is 4.39. The van der Waals surface area contributed by atoms with Crippen LogP contribution in [0.25, 0.3) is 0 Å². The smallest absolute Gasteiger partial charge is 0.172 e. The van der Waals surface area contributed by atoms with E-state index in [0.29, 0.717) is 10.2 Å². The molecule has 1 aromatic carbocycles. The number of aromatic hydroxyl groups is 1. The number of hydrogen-bond donors (Lipinski definition) is 1. The third kappa shape index (κ3) is 2.80. The number of benzene rings is 1. The molecule has 0 amide bonds. The largest absolute Gasteiger partial charge is 0.503 e. The van der Waals surface area contributed by atoms with Crippen molar-refractivity contribution in [1.29, 1.82) is 0 Å². The first-order chi connectivity index (χ1) is 9.67. The minimum Gasteiger partial charge on any atom is -0.503 e. The lowest BCUT2D eigenvalue weighted by Gasteiger charge is -2.37. The highest BCUT2D eigenvalue weighted by molar-refractivity contribution is 9.10. The van der Waals surface area contributed by atoms with Crippen LogP contribution in [0.4, 0.5) is 0 Å². The Balaban J connectivity index is 1.70. The maximum atomic E-state index is 9.86. The summed E-state index contributed by atoms with van der Waals surface area (Å²) in [7, 11) is 1.59. The van der Waals surface area contributed by atoms with E-state index in [0.717, 1.165) is 25.7 Å². The van der Waals surface area contributed by atoms with Gasteiger partial charge in [0, 0.05) is 32.2 Å². The van der Waals surface area contributed by atoms with E-state index < -0.39 is 0 Å². The van der Waals surface area contributed by atoms with E-state index in [2.05, 4.69) is 25.7 Å². The van der Waals surface area contributed by atoms with Crippen molar-refractivity contribution in [2.75, 3.05) is 33.3 Å². The van der Waals surface area contributed by atoms with E-state index in [-0.39, 0.29) is 5.75 Å². The molecule has 0 saturated carbocycles. The topological polar surface area (TPSA) is 35.9 Å². The van der Waals surface area contributed by atoms with Crippen molar-refractivity contribution in [2.45, 2.75) is 25.4 Å². The molecule has 5 heteroatoms. The molecule has 4 nitrogen and oxygen atoms in total. The maximum Gasteiger partial charge on any atom is 0.172 e. The molecular formula is C15H21BrN2O2. The molecular weight excluding hydrogens is 320 g/mol. The van der Waals surface area contributed by atoms with Crippen LogP contribution >= 0.6 is 15.9 Å². The van der Waals surface area contributed by atoms with Gasteiger partial charge < -0.3 is 9.84 Å². The highest BCUT2D eigenvalue weighted by Gasteiger charge is 2.30. The van der Waals surface area contributed by atoms with Crippen molar-refractivity contribution in [2.24, 2.45) is 0 Å². The zero-order chi connectivity index (χ0) is 14.1. The number of phenols is 1. The van der Waals surface area contributed by atoms with Crippen molar-refractivity contribution in [3.63, 3.8) is 0 Å². The van der Waals surface area contributed by atoms with Crippen LogP contribution in [0.5, 0.6) is 11.5 Å². The Hall–Kier alpha value is -0.780. The van der Waals surface area contributed by atoms with Gasteiger partial charge in [-0.25, -0.2) is 0 Å². The minimum atomic E-state index is 0.178. The van der Waals surface area contributed by atoms with E-state index in [1.165, 1.54) is 31.5 Å². The second-order valence-electron chi connectivity index (χ2n) is 5.70. The zero-order valence-electron chi connectivity index (χ0n) is 11.8. The number of ether oxygens (including phenoxy) is 1. The lowest BCUT2D eigenvalue weighted by atomic mass is 10.1. The maximum absolute atomic E-state index is 9.86. The van der Waals surface area contributed by atoms with Crippen molar-refractivity contribution >= 4 is 15.9 Å². The molecule has 1 atom stereocenters. The Morgan fingerprint density at radius 2 is 2.20 bits per heavy atom. The van der Waals surface area contributed by atoms with E-state index in [9.17, 15) is 5.11 Å². The van der Waals surface area contributed by atoms with Crippen molar-refractivity contribution in [3.8, 4) is 11.5 Å². The molecule has 2 saturated heterocycles. The van der Waals surface area contributed by atoms with E-state index in [4.69, 9.17) is 4.74 Å². The number of hydrogen-bond acceptors (Lipinski definition) is 4. The van der Waals surface area contributed by atoms with Crippen LogP contribution in [0.3, 0.4) is 0 Å². The van der Waals surface area contributed by atoms with Gasteiger partial charge in [0.15, 0.2) is 11.5 Å². The summed E-state index contributed by atoms with van der Waals surface area (Å²) in [6, 6.07) is 4.66. The molecule has 3 rings (SSSR count). The summed E-state index contributed by atoms with van der Waals surface area (Å²) >= 11 is 3.39. The van der Waals surface area contributed by atoms with Crippen LogP contribution in [0.2, 0.25) is 0 Å². The molecule has 0 aromatic heterocycles. The summed E-state index contributed by atoms with van der Waals surface area (Å²) in [6.45, 7) is 5.65. The van der Waals surface area contributed by atoms with E-state index >= 15 is 0 Å². The first-order valence-electron chi connectivity index (χ1n) is 7.19. The van der Waals surface area contributed by atoms with Crippen molar-refractivity contribution in [3.05, 3.63) is 22.2 Å². The summed E-state index contributed by atoms with van der Waals surface area (Å²) in [5, 5.41) is 9.86. The highest BCUT2D eigenvalue weighted by Crippen LogP contribution is 2.35. The Morgan fingerprint density at radius 3 is 3.00 bits per heavy atom. The number of nitrogens with zero attached hydrogens (tertiary/aromatic N) is 2. The molecule has 0 radical (unpaired) electrons. The van der Waals surface area contributed by atoms with E-state index in [1.54, 1.807) is 7.11 Å². The summed E-state index contributed by atoms with van der Waals surface area (Å²) in [6.07, 6.45) is 2.68. The number of fused-ring (bicyclic) bond motifs is 1. The standard InChI is InChI=1S/C15H21BrN2O2/c1-20-14-8-11(7-13(16)15(14)19)9-17-5-6-18-4-2-3-12(18)10-17/h7-8,12,19H,2-6,9-10H2,1H3. The molecule has 2 heterocycles. The summed E-state index contributed by atoms with van der Waals surface area (Å²) < 4.78 is 5.92. The van der Waals surface area contributed by atoms with Gasteiger partial charge in [-0.15, -0.1) is 0 Å². The van der Waals surface area contributed by atoms with Crippen molar-refractivity contribution < 1.29 is 9.84 Å². The fourth-order valence-corrected chi connectivity index (χ4v) is 3.82. The Bertz CT molecular complexity index is 495. The average molecular weight is 341 g/mol.